The van der Waals surface area contributed by atoms with Crippen LogP contribution < -0.4 is 5.32 Å². The third kappa shape index (κ3) is 2.40. The molecule has 1 fully saturated rings. The van der Waals surface area contributed by atoms with Gasteiger partial charge in [0.05, 0.1) is 5.69 Å². The van der Waals surface area contributed by atoms with Crippen LogP contribution in [-0.4, -0.2) is 22.9 Å². The predicted octanol–water partition coefficient (Wildman–Crippen LogP) is 2.69. The summed E-state index contributed by atoms with van der Waals surface area (Å²) < 4.78 is 16.1. The molecule has 0 bridgehead atoms. The Morgan fingerprint density at radius 3 is 2.89 bits per heavy atom. The molecule has 1 aromatic carbocycles. The molecule has 0 radical (unpaired) electrons. The van der Waals surface area contributed by atoms with E-state index >= 15 is 0 Å². The first-order chi connectivity index (χ1) is 9.25. The second-order valence-corrected chi connectivity index (χ2v) is 5.12. The summed E-state index contributed by atoms with van der Waals surface area (Å²) in [5.74, 6) is 0.196. The molecular formula is C15H18FN3. The molecule has 2 heterocycles. The van der Waals surface area contributed by atoms with Crippen LogP contribution in [0.15, 0.2) is 30.5 Å². The molecule has 1 aliphatic heterocycles. The number of hydrogen-bond donors (Lipinski definition) is 1. The van der Waals surface area contributed by atoms with Gasteiger partial charge in [0.1, 0.15) is 5.82 Å². The molecule has 0 spiro atoms. The Balaban J connectivity index is 1.91. The number of aryl methyl sites for hydroxylation is 1. The van der Waals surface area contributed by atoms with Crippen LogP contribution in [0.5, 0.6) is 0 Å². The molecule has 1 atom stereocenters. The fraction of sp³-hybridized carbons (Fsp3) is 0.400. The van der Waals surface area contributed by atoms with Gasteiger partial charge in [0.2, 0.25) is 0 Å². The molecule has 1 saturated heterocycles. The molecule has 3 nitrogen and oxygen atoms in total. The minimum absolute atomic E-state index is 0.104. The zero-order chi connectivity index (χ0) is 13.2. The number of nitrogens with one attached hydrogen (secondary N) is 1. The first-order valence-electron chi connectivity index (χ1n) is 6.74. The fourth-order valence-corrected chi connectivity index (χ4v) is 2.79. The molecule has 2 aromatic rings. The highest BCUT2D eigenvalue weighted by molar-refractivity contribution is 5.60. The Labute approximate surface area is 112 Å². The van der Waals surface area contributed by atoms with E-state index in [1.165, 1.54) is 0 Å². The molecule has 1 aromatic heterocycles. The van der Waals surface area contributed by atoms with Crippen molar-refractivity contribution in [3.05, 3.63) is 41.8 Å². The van der Waals surface area contributed by atoms with Gasteiger partial charge in [0.15, 0.2) is 0 Å². The van der Waals surface area contributed by atoms with Crippen molar-refractivity contribution in [1.82, 2.24) is 15.1 Å². The maximum absolute atomic E-state index is 14.3. The summed E-state index contributed by atoms with van der Waals surface area (Å²) in [6.07, 6.45) is 3.91. The monoisotopic (exact) mass is 259 g/mol. The van der Waals surface area contributed by atoms with Crippen molar-refractivity contribution in [2.75, 3.05) is 13.1 Å². The van der Waals surface area contributed by atoms with E-state index in [1.54, 1.807) is 16.9 Å². The van der Waals surface area contributed by atoms with Gasteiger partial charge in [-0.1, -0.05) is 12.1 Å². The van der Waals surface area contributed by atoms with Gasteiger partial charge in [-0.05, 0) is 43.0 Å². The normalized spacial score (nSPS) is 19.6. The van der Waals surface area contributed by atoms with Crippen LogP contribution >= 0.6 is 0 Å². The lowest BCUT2D eigenvalue weighted by Crippen LogP contribution is -2.28. The minimum Gasteiger partial charge on any atom is -0.316 e. The van der Waals surface area contributed by atoms with Gasteiger partial charge in [-0.15, -0.1) is 0 Å². The van der Waals surface area contributed by atoms with Crippen LogP contribution in [-0.2, 0) is 7.05 Å². The molecule has 100 valence electrons. The van der Waals surface area contributed by atoms with Crippen molar-refractivity contribution in [3.63, 3.8) is 0 Å². The number of nitrogens with zero attached hydrogens (tertiary/aromatic N) is 2. The highest BCUT2D eigenvalue weighted by Gasteiger charge is 2.19. The van der Waals surface area contributed by atoms with Gasteiger partial charge >= 0.3 is 0 Å². The topological polar surface area (TPSA) is 29.9 Å². The van der Waals surface area contributed by atoms with Crippen molar-refractivity contribution in [2.24, 2.45) is 7.05 Å². The zero-order valence-corrected chi connectivity index (χ0v) is 11.1. The molecule has 0 amide bonds. The van der Waals surface area contributed by atoms with Gasteiger partial charge in [-0.25, -0.2) is 4.39 Å². The van der Waals surface area contributed by atoms with E-state index in [0.29, 0.717) is 5.92 Å². The second-order valence-electron chi connectivity index (χ2n) is 5.12. The molecule has 0 saturated carbocycles. The Kier molecular flexibility index (Phi) is 3.34. The summed E-state index contributed by atoms with van der Waals surface area (Å²) in [4.78, 5) is 0. The summed E-state index contributed by atoms with van der Waals surface area (Å²) in [7, 11) is 1.87. The number of piperidine rings is 1. The average Bonchev–Trinajstić information content (AvgIpc) is 2.86. The highest BCUT2D eigenvalue weighted by atomic mass is 19.1. The molecule has 3 rings (SSSR count). The number of halogens is 1. The second kappa shape index (κ2) is 5.13. The number of aromatic nitrogens is 2. The predicted molar refractivity (Wildman–Crippen MR) is 73.4 cm³/mol. The largest absolute Gasteiger partial charge is 0.316 e. The summed E-state index contributed by atoms with van der Waals surface area (Å²) in [6.45, 7) is 1.92. The lowest BCUT2D eigenvalue weighted by molar-refractivity contribution is 0.446. The van der Waals surface area contributed by atoms with Crippen LogP contribution in [0.1, 0.15) is 24.3 Å². The van der Waals surface area contributed by atoms with Gasteiger partial charge in [0, 0.05) is 25.4 Å². The SMILES string of the molecule is Cn1nccc1-c1ccc(C2CCCNC2)c(F)c1. The Morgan fingerprint density at radius 2 is 2.26 bits per heavy atom. The lowest BCUT2D eigenvalue weighted by atomic mass is 9.90. The van der Waals surface area contributed by atoms with Gasteiger partial charge in [-0.2, -0.15) is 5.10 Å². The number of benzene rings is 1. The van der Waals surface area contributed by atoms with E-state index in [2.05, 4.69) is 10.4 Å². The Hall–Kier alpha value is -1.68. The Bertz CT molecular complexity index is 571. The van der Waals surface area contributed by atoms with Crippen LogP contribution in [0, 0.1) is 5.82 Å². The Morgan fingerprint density at radius 1 is 1.37 bits per heavy atom. The summed E-state index contributed by atoms with van der Waals surface area (Å²) in [5, 5.41) is 7.45. The van der Waals surface area contributed by atoms with Crippen LogP contribution in [0.3, 0.4) is 0 Å². The van der Waals surface area contributed by atoms with Crippen LogP contribution in [0.25, 0.3) is 11.3 Å². The molecule has 4 heteroatoms. The van der Waals surface area contributed by atoms with Gasteiger partial charge in [0.25, 0.3) is 0 Å². The van der Waals surface area contributed by atoms with Crippen LogP contribution in [0.2, 0.25) is 0 Å². The molecule has 1 unspecified atom stereocenters. The minimum atomic E-state index is -0.104. The van der Waals surface area contributed by atoms with Crippen molar-refractivity contribution < 1.29 is 4.39 Å². The highest BCUT2D eigenvalue weighted by Crippen LogP contribution is 2.28. The molecular weight excluding hydrogens is 241 g/mol. The first-order valence-corrected chi connectivity index (χ1v) is 6.74. The van der Waals surface area contributed by atoms with E-state index < -0.39 is 0 Å². The fourth-order valence-electron chi connectivity index (χ4n) is 2.79. The van der Waals surface area contributed by atoms with E-state index in [1.807, 2.05) is 25.2 Å². The number of hydrogen-bond acceptors (Lipinski definition) is 2. The van der Waals surface area contributed by atoms with Crippen LogP contribution in [0.4, 0.5) is 4.39 Å². The lowest BCUT2D eigenvalue weighted by Gasteiger charge is -2.23. The smallest absolute Gasteiger partial charge is 0.127 e. The third-order valence-electron chi connectivity index (χ3n) is 3.85. The molecule has 1 aliphatic rings. The van der Waals surface area contributed by atoms with E-state index in [-0.39, 0.29) is 5.82 Å². The first kappa shape index (κ1) is 12.4. The standard InChI is InChI=1S/C15H18FN3/c1-19-15(6-8-18-19)11-4-5-13(14(16)9-11)12-3-2-7-17-10-12/h4-6,8-9,12,17H,2-3,7,10H2,1H3. The summed E-state index contributed by atoms with van der Waals surface area (Å²) >= 11 is 0. The number of rotatable bonds is 2. The average molecular weight is 259 g/mol. The van der Waals surface area contributed by atoms with E-state index in [9.17, 15) is 4.39 Å². The van der Waals surface area contributed by atoms with Gasteiger partial charge in [-0.3, -0.25) is 4.68 Å². The maximum atomic E-state index is 14.3. The van der Waals surface area contributed by atoms with E-state index in [0.717, 1.165) is 42.8 Å². The van der Waals surface area contributed by atoms with Crippen molar-refractivity contribution in [2.45, 2.75) is 18.8 Å². The zero-order valence-electron chi connectivity index (χ0n) is 11.1. The summed E-state index contributed by atoms with van der Waals surface area (Å²) in [5.41, 5.74) is 2.65. The van der Waals surface area contributed by atoms with E-state index in [4.69, 9.17) is 0 Å². The summed E-state index contributed by atoms with van der Waals surface area (Å²) in [6, 6.07) is 7.44. The van der Waals surface area contributed by atoms with Crippen molar-refractivity contribution in [3.8, 4) is 11.3 Å². The van der Waals surface area contributed by atoms with Crippen molar-refractivity contribution >= 4 is 0 Å². The third-order valence-corrected chi connectivity index (χ3v) is 3.85. The van der Waals surface area contributed by atoms with Crippen molar-refractivity contribution in [1.29, 1.82) is 0 Å². The maximum Gasteiger partial charge on any atom is 0.127 e. The molecule has 1 N–H and O–H groups in total. The molecule has 0 aliphatic carbocycles. The quantitative estimate of drug-likeness (QED) is 0.898. The molecule has 19 heavy (non-hydrogen) atoms. The van der Waals surface area contributed by atoms with Gasteiger partial charge < -0.3 is 5.32 Å².